The van der Waals surface area contributed by atoms with E-state index in [9.17, 15) is 4.79 Å². The van der Waals surface area contributed by atoms with E-state index in [-0.39, 0.29) is 5.91 Å². The van der Waals surface area contributed by atoms with Gasteiger partial charge >= 0.3 is 0 Å². The summed E-state index contributed by atoms with van der Waals surface area (Å²) < 4.78 is 5.04. The van der Waals surface area contributed by atoms with Gasteiger partial charge in [0, 0.05) is 13.0 Å². The second-order valence-electron chi connectivity index (χ2n) is 3.36. The highest BCUT2D eigenvalue weighted by Crippen LogP contribution is 2.05. The molecule has 15 heavy (non-hydrogen) atoms. The first-order chi connectivity index (χ1) is 7.24. The molecule has 0 spiro atoms. The molecule has 0 unspecified atom stereocenters. The van der Waals surface area contributed by atoms with Gasteiger partial charge in [0.25, 0.3) is 5.91 Å². The number of amides is 1. The predicted octanol–water partition coefficient (Wildman–Crippen LogP) is 2.12. The zero-order valence-corrected chi connectivity index (χ0v) is 8.88. The van der Waals surface area contributed by atoms with Crippen LogP contribution in [0.2, 0.25) is 0 Å². The maximum absolute atomic E-state index is 11.5. The largest absolute Gasteiger partial charge is 0.469 e. The van der Waals surface area contributed by atoms with E-state index >= 15 is 0 Å². The van der Waals surface area contributed by atoms with Crippen LogP contribution in [0.4, 0.5) is 0 Å². The highest BCUT2D eigenvalue weighted by atomic mass is 16.3. The molecular weight excluding hydrogens is 190 g/mol. The molecule has 1 aromatic heterocycles. The third-order valence-corrected chi connectivity index (χ3v) is 2.03. The number of carbonyl (C=O) groups excluding carboxylic acids is 1. The first-order valence-electron chi connectivity index (χ1n) is 5.01. The molecule has 1 aromatic rings. The molecule has 0 fully saturated rings. The number of furan rings is 1. The van der Waals surface area contributed by atoms with Crippen molar-refractivity contribution in [2.75, 3.05) is 6.54 Å². The maximum Gasteiger partial charge on any atom is 0.254 e. The van der Waals surface area contributed by atoms with Crippen molar-refractivity contribution >= 4 is 5.91 Å². The fourth-order valence-electron chi connectivity index (χ4n) is 1.22. The highest BCUT2D eigenvalue weighted by Gasteiger charge is 2.06. The molecule has 3 heteroatoms. The average Bonchev–Trinajstić information content (AvgIpc) is 2.64. The van der Waals surface area contributed by atoms with Gasteiger partial charge in [-0.15, -0.1) is 12.3 Å². The zero-order chi connectivity index (χ0) is 11.1. The van der Waals surface area contributed by atoms with Gasteiger partial charge in [-0.3, -0.25) is 4.79 Å². The Morgan fingerprint density at radius 3 is 3.00 bits per heavy atom. The van der Waals surface area contributed by atoms with E-state index < -0.39 is 0 Å². The van der Waals surface area contributed by atoms with Crippen LogP contribution in [0, 0.1) is 19.3 Å². The lowest BCUT2D eigenvalue weighted by molar-refractivity contribution is 0.0952. The van der Waals surface area contributed by atoms with Crippen molar-refractivity contribution in [3.8, 4) is 12.3 Å². The van der Waals surface area contributed by atoms with Gasteiger partial charge in [-0.2, -0.15) is 0 Å². The second kappa shape index (κ2) is 5.92. The number of nitrogens with one attached hydrogen (secondary N) is 1. The van der Waals surface area contributed by atoms with Gasteiger partial charge in [0.05, 0.1) is 5.56 Å². The Bertz CT molecular complexity index is 360. The molecule has 0 aromatic carbocycles. The molecule has 0 radical (unpaired) electrons. The molecule has 1 heterocycles. The SMILES string of the molecule is C#CCCCCNC(=O)c1coc(C)c1. The van der Waals surface area contributed by atoms with Crippen LogP contribution in [0.1, 0.15) is 35.4 Å². The molecular formula is C12H15NO2. The first kappa shape index (κ1) is 11.4. The maximum atomic E-state index is 11.5. The van der Waals surface area contributed by atoms with Crippen LogP contribution in [-0.2, 0) is 0 Å². The minimum Gasteiger partial charge on any atom is -0.469 e. The summed E-state index contributed by atoms with van der Waals surface area (Å²) in [5, 5.41) is 2.80. The smallest absolute Gasteiger partial charge is 0.254 e. The van der Waals surface area contributed by atoms with E-state index in [0.29, 0.717) is 12.1 Å². The zero-order valence-electron chi connectivity index (χ0n) is 8.88. The van der Waals surface area contributed by atoms with Gasteiger partial charge in [-0.05, 0) is 25.8 Å². The quantitative estimate of drug-likeness (QED) is 0.591. The van der Waals surface area contributed by atoms with Crippen molar-refractivity contribution in [3.63, 3.8) is 0 Å². The van der Waals surface area contributed by atoms with E-state index in [4.69, 9.17) is 10.8 Å². The molecule has 3 nitrogen and oxygen atoms in total. The molecule has 1 N–H and O–H groups in total. The predicted molar refractivity (Wildman–Crippen MR) is 58.5 cm³/mol. The summed E-state index contributed by atoms with van der Waals surface area (Å²) in [7, 11) is 0. The molecule has 0 bridgehead atoms. The van der Waals surface area contributed by atoms with Crippen molar-refractivity contribution in [1.82, 2.24) is 5.32 Å². The minimum atomic E-state index is -0.0902. The Morgan fingerprint density at radius 2 is 2.40 bits per heavy atom. The number of carbonyl (C=O) groups is 1. The molecule has 0 aliphatic heterocycles. The van der Waals surface area contributed by atoms with Crippen LogP contribution >= 0.6 is 0 Å². The number of aryl methyl sites for hydroxylation is 1. The van der Waals surface area contributed by atoms with Crippen molar-refractivity contribution < 1.29 is 9.21 Å². The molecule has 0 atom stereocenters. The van der Waals surface area contributed by atoms with Crippen molar-refractivity contribution in [3.05, 3.63) is 23.7 Å². The Morgan fingerprint density at radius 1 is 1.60 bits per heavy atom. The van der Waals surface area contributed by atoms with Crippen LogP contribution in [-0.4, -0.2) is 12.5 Å². The lowest BCUT2D eigenvalue weighted by Crippen LogP contribution is -2.23. The third-order valence-electron chi connectivity index (χ3n) is 2.03. The van der Waals surface area contributed by atoms with Gasteiger partial charge in [0.15, 0.2) is 0 Å². The van der Waals surface area contributed by atoms with Crippen LogP contribution < -0.4 is 5.32 Å². The summed E-state index contributed by atoms with van der Waals surface area (Å²) >= 11 is 0. The molecule has 0 saturated heterocycles. The summed E-state index contributed by atoms with van der Waals surface area (Å²) in [6, 6.07) is 1.72. The third kappa shape index (κ3) is 3.90. The fraction of sp³-hybridized carbons (Fsp3) is 0.417. The summed E-state index contributed by atoms with van der Waals surface area (Å²) in [6.45, 7) is 2.47. The molecule has 80 valence electrons. The van der Waals surface area contributed by atoms with Crippen LogP contribution in [0.25, 0.3) is 0 Å². The minimum absolute atomic E-state index is 0.0902. The normalized spacial score (nSPS) is 9.60. The van der Waals surface area contributed by atoms with E-state index in [2.05, 4.69) is 11.2 Å². The van der Waals surface area contributed by atoms with Crippen LogP contribution in [0.5, 0.6) is 0 Å². The number of unbranched alkanes of at least 4 members (excludes halogenated alkanes) is 2. The number of terminal acetylenes is 1. The van der Waals surface area contributed by atoms with Gasteiger partial charge in [-0.1, -0.05) is 0 Å². The van der Waals surface area contributed by atoms with E-state index in [1.807, 2.05) is 6.92 Å². The van der Waals surface area contributed by atoms with Crippen LogP contribution in [0.15, 0.2) is 16.7 Å². The van der Waals surface area contributed by atoms with Gasteiger partial charge in [0.2, 0.25) is 0 Å². The van der Waals surface area contributed by atoms with E-state index in [0.717, 1.165) is 25.0 Å². The topological polar surface area (TPSA) is 42.2 Å². The van der Waals surface area contributed by atoms with Crippen molar-refractivity contribution in [1.29, 1.82) is 0 Å². The number of rotatable bonds is 5. The average molecular weight is 205 g/mol. The summed E-state index contributed by atoms with van der Waals surface area (Å²) in [6.07, 6.45) is 9.20. The molecule has 0 aliphatic carbocycles. The Labute approximate surface area is 89.9 Å². The second-order valence-corrected chi connectivity index (χ2v) is 3.36. The van der Waals surface area contributed by atoms with Gasteiger partial charge in [0.1, 0.15) is 12.0 Å². The highest BCUT2D eigenvalue weighted by molar-refractivity contribution is 5.93. The van der Waals surface area contributed by atoms with Crippen LogP contribution in [0.3, 0.4) is 0 Å². The molecule has 0 aliphatic rings. The summed E-state index contributed by atoms with van der Waals surface area (Å²) in [4.78, 5) is 11.5. The van der Waals surface area contributed by atoms with Gasteiger partial charge in [-0.25, -0.2) is 0 Å². The molecule has 1 amide bonds. The molecule has 0 saturated carbocycles. The Kier molecular flexibility index (Phi) is 4.49. The lowest BCUT2D eigenvalue weighted by atomic mass is 10.2. The van der Waals surface area contributed by atoms with Gasteiger partial charge < -0.3 is 9.73 Å². The van der Waals surface area contributed by atoms with E-state index in [1.54, 1.807) is 6.07 Å². The standard InChI is InChI=1S/C12H15NO2/c1-3-4-5-6-7-13-12(14)11-8-10(2)15-9-11/h1,8-9H,4-7H2,2H3,(H,13,14). The van der Waals surface area contributed by atoms with Crippen molar-refractivity contribution in [2.45, 2.75) is 26.2 Å². The number of hydrogen-bond donors (Lipinski definition) is 1. The molecule has 1 rings (SSSR count). The fourth-order valence-corrected chi connectivity index (χ4v) is 1.22. The van der Waals surface area contributed by atoms with Crippen molar-refractivity contribution in [2.24, 2.45) is 0 Å². The Hall–Kier alpha value is -1.69. The monoisotopic (exact) mass is 205 g/mol. The summed E-state index contributed by atoms with van der Waals surface area (Å²) in [5.41, 5.74) is 0.574. The lowest BCUT2D eigenvalue weighted by Gasteiger charge is -2.01. The first-order valence-corrected chi connectivity index (χ1v) is 5.01. The van der Waals surface area contributed by atoms with E-state index in [1.165, 1.54) is 6.26 Å². The summed E-state index contributed by atoms with van der Waals surface area (Å²) in [5.74, 6) is 3.22. The number of hydrogen-bond acceptors (Lipinski definition) is 2. The Balaban J connectivity index is 2.23.